The molecule has 1 heterocycles. The monoisotopic (exact) mass is 241 g/mol. The lowest BCUT2D eigenvalue weighted by Gasteiger charge is -2.12. The first-order chi connectivity index (χ1) is 8.66. The lowest BCUT2D eigenvalue weighted by atomic mass is 10.0. The molecule has 0 bridgehead atoms. The summed E-state index contributed by atoms with van der Waals surface area (Å²) in [5, 5.41) is 0. The van der Waals surface area contributed by atoms with Crippen molar-refractivity contribution in [2.45, 2.75) is 33.3 Å². The third kappa shape index (κ3) is 3.10. The van der Waals surface area contributed by atoms with Crippen molar-refractivity contribution >= 4 is 0 Å². The Morgan fingerprint density at radius 3 is 2.61 bits per heavy atom. The zero-order valence-corrected chi connectivity index (χ0v) is 11.2. The number of pyridine rings is 1. The van der Waals surface area contributed by atoms with Gasteiger partial charge < -0.3 is 4.74 Å². The van der Waals surface area contributed by atoms with Crippen molar-refractivity contribution in [1.82, 2.24) is 4.98 Å². The van der Waals surface area contributed by atoms with E-state index in [-0.39, 0.29) is 0 Å². The topological polar surface area (TPSA) is 22.1 Å². The first-order valence-corrected chi connectivity index (χ1v) is 6.30. The van der Waals surface area contributed by atoms with Crippen LogP contribution < -0.4 is 4.74 Å². The molecule has 1 aromatic carbocycles. The minimum atomic E-state index is 0.517. The van der Waals surface area contributed by atoms with Crippen molar-refractivity contribution in [2.24, 2.45) is 0 Å². The van der Waals surface area contributed by atoms with Gasteiger partial charge >= 0.3 is 0 Å². The third-order valence-electron chi connectivity index (χ3n) is 2.97. The normalized spacial score (nSPS) is 10.7. The average molecular weight is 241 g/mol. The number of hydrogen-bond acceptors (Lipinski definition) is 2. The van der Waals surface area contributed by atoms with Crippen LogP contribution in [0.2, 0.25) is 0 Å². The molecule has 0 N–H and O–H groups in total. The second-order valence-corrected chi connectivity index (χ2v) is 4.79. The Labute approximate surface area is 109 Å². The molecule has 1 aromatic heterocycles. The molecule has 0 atom stereocenters. The molecule has 0 saturated carbocycles. The van der Waals surface area contributed by atoms with Crippen molar-refractivity contribution in [3.63, 3.8) is 0 Å². The van der Waals surface area contributed by atoms with Gasteiger partial charge in [-0.25, -0.2) is 0 Å². The Bertz CT molecular complexity index is 506. The fourth-order valence-corrected chi connectivity index (χ4v) is 1.83. The molecular weight excluding hydrogens is 222 g/mol. The third-order valence-corrected chi connectivity index (χ3v) is 2.97. The van der Waals surface area contributed by atoms with E-state index in [0.29, 0.717) is 12.5 Å². The molecule has 2 nitrogen and oxygen atoms in total. The quantitative estimate of drug-likeness (QED) is 0.804. The zero-order valence-electron chi connectivity index (χ0n) is 11.2. The molecule has 2 aromatic rings. The van der Waals surface area contributed by atoms with Crippen LogP contribution in [0.25, 0.3) is 0 Å². The predicted octanol–water partition coefficient (Wildman–Crippen LogP) is 4.09. The maximum atomic E-state index is 5.80. The van der Waals surface area contributed by atoms with Crippen LogP contribution in [0.1, 0.15) is 36.6 Å². The molecular formula is C16H19NO. The molecule has 0 radical (unpaired) electrons. The number of ether oxygens (including phenoxy) is 1. The predicted molar refractivity (Wildman–Crippen MR) is 73.8 cm³/mol. The fourth-order valence-electron chi connectivity index (χ4n) is 1.83. The highest BCUT2D eigenvalue weighted by atomic mass is 16.5. The highest BCUT2D eigenvalue weighted by Crippen LogP contribution is 2.24. The van der Waals surface area contributed by atoms with Gasteiger partial charge in [-0.05, 0) is 42.2 Å². The van der Waals surface area contributed by atoms with Gasteiger partial charge in [0, 0.05) is 6.20 Å². The molecule has 0 aliphatic carbocycles. The molecule has 0 saturated heterocycles. The molecule has 0 unspecified atom stereocenters. The van der Waals surface area contributed by atoms with Gasteiger partial charge in [0.2, 0.25) is 0 Å². The fraction of sp³-hybridized carbons (Fsp3) is 0.312. The van der Waals surface area contributed by atoms with Gasteiger partial charge in [-0.3, -0.25) is 4.98 Å². The summed E-state index contributed by atoms with van der Waals surface area (Å²) in [4.78, 5) is 4.24. The van der Waals surface area contributed by atoms with Crippen LogP contribution in [-0.4, -0.2) is 4.98 Å². The van der Waals surface area contributed by atoms with E-state index < -0.39 is 0 Å². The Kier molecular flexibility index (Phi) is 3.98. The molecule has 94 valence electrons. The number of nitrogens with zero attached hydrogens (tertiary/aromatic N) is 1. The van der Waals surface area contributed by atoms with Gasteiger partial charge in [0.15, 0.2) is 0 Å². The smallest absolute Gasteiger partial charge is 0.130 e. The number of benzene rings is 1. The van der Waals surface area contributed by atoms with E-state index >= 15 is 0 Å². The molecule has 0 spiro atoms. The first kappa shape index (κ1) is 12.6. The molecule has 2 rings (SSSR count). The largest absolute Gasteiger partial charge is 0.487 e. The van der Waals surface area contributed by atoms with E-state index in [4.69, 9.17) is 4.74 Å². The van der Waals surface area contributed by atoms with Crippen LogP contribution in [0.5, 0.6) is 5.75 Å². The second-order valence-electron chi connectivity index (χ2n) is 4.79. The summed E-state index contributed by atoms with van der Waals surface area (Å²) in [7, 11) is 0. The summed E-state index contributed by atoms with van der Waals surface area (Å²) in [5.74, 6) is 1.48. The maximum Gasteiger partial charge on any atom is 0.130 e. The summed E-state index contributed by atoms with van der Waals surface area (Å²) in [6.45, 7) is 6.99. The van der Waals surface area contributed by atoms with Gasteiger partial charge in [0.05, 0.1) is 5.69 Å². The van der Waals surface area contributed by atoms with Gasteiger partial charge in [0.25, 0.3) is 0 Å². The van der Waals surface area contributed by atoms with Crippen LogP contribution in [-0.2, 0) is 6.61 Å². The standard InChI is InChI=1S/C16H19NO/c1-12(2)14-7-8-16(13(3)10-14)18-11-15-6-4-5-9-17-15/h4-10,12H,11H2,1-3H3. The lowest BCUT2D eigenvalue weighted by molar-refractivity contribution is 0.299. The summed E-state index contributed by atoms with van der Waals surface area (Å²) < 4.78 is 5.80. The highest BCUT2D eigenvalue weighted by Gasteiger charge is 2.04. The Hall–Kier alpha value is -1.83. The van der Waals surface area contributed by atoms with Crippen LogP contribution in [0, 0.1) is 6.92 Å². The Balaban J connectivity index is 2.06. The van der Waals surface area contributed by atoms with Crippen molar-refractivity contribution in [2.75, 3.05) is 0 Å². The molecule has 0 aliphatic rings. The number of rotatable bonds is 4. The molecule has 18 heavy (non-hydrogen) atoms. The van der Waals surface area contributed by atoms with E-state index in [2.05, 4.69) is 37.9 Å². The SMILES string of the molecule is Cc1cc(C(C)C)ccc1OCc1ccccn1. The van der Waals surface area contributed by atoms with E-state index in [0.717, 1.165) is 11.4 Å². The summed E-state index contributed by atoms with van der Waals surface area (Å²) in [6, 6.07) is 12.2. The molecule has 0 aliphatic heterocycles. The van der Waals surface area contributed by atoms with E-state index in [1.807, 2.05) is 24.3 Å². The maximum absolute atomic E-state index is 5.80. The van der Waals surface area contributed by atoms with Crippen LogP contribution >= 0.6 is 0 Å². The van der Waals surface area contributed by atoms with Gasteiger partial charge in [-0.15, -0.1) is 0 Å². The van der Waals surface area contributed by atoms with Crippen LogP contribution in [0.3, 0.4) is 0 Å². The number of aromatic nitrogens is 1. The van der Waals surface area contributed by atoms with Gasteiger partial charge in [-0.1, -0.05) is 32.0 Å². The van der Waals surface area contributed by atoms with Crippen molar-refractivity contribution < 1.29 is 4.74 Å². The van der Waals surface area contributed by atoms with Gasteiger partial charge in [0.1, 0.15) is 12.4 Å². The molecule has 2 heteroatoms. The molecule has 0 fully saturated rings. The van der Waals surface area contributed by atoms with Crippen LogP contribution in [0.15, 0.2) is 42.6 Å². The van der Waals surface area contributed by atoms with Crippen molar-refractivity contribution in [3.8, 4) is 5.75 Å². The lowest BCUT2D eigenvalue weighted by Crippen LogP contribution is -1.99. The summed E-state index contributed by atoms with van der Waals surface area (Å²) >= 11 is 0. The van der Waals surface area contributed by atoms with E-state index in [1.165, 1.54) is 11.1 Å². The average Bonchev–Trinajstić information content (AvgIpc) is 2.38. The van der Waals surface area contributed by atoms with Gasteiger partial charge in [-0.2, -0.15) is 0 Å². The van der Waals surface area contributed by atoms with E-state index in [9.17, 15) is 0 Å². The summed E-state index contributed by atoms with van der Waals surface area (Å²) in [5.41, 5.74) is 3.47. The summed E-state index contributed by atoms with van der Waals surface area (Å²) in [6.07, 6.45) is 1.79. The van der Waals surface area contributed by atoms with Crippen molar-refractivity contribution in [1.29, 1.82) is 0 Å². The van der Waals surface area contributed by atoms with Crippen molar-refractivity contribution in [3.05, 3.63) is 59.4 Å². The molecule has 0 amide bonds. The highest BCUT2D eigenvalue weighted by molar-refractivity contribution is 5.37. The first-order valence-electron chi connectivity index (χ1n) is 6.30. The number of hydrogen-bond donors (Lipinski definition) is 0. The Morgan fingerprint density at radius 1 is 1.17 bits per heavy atom. The number of aryl methyl sites for hydroxylation is 1. The second kappa shape index (κ2) is 5.67. The van der Waals surface area contributed by atoms with E-state index in [1.54, 1.807) is 6.20 Å². The minimum absolute atomic E-state index is 0.517. The van der Waals surface area contributed by atoms with Crippen LogP contribution in [0.4, 0.5) is 0 Å². The zero-order chi connectivity index (χ0) is 13.0. The Morgan fingerprint density at radius 2 is 2.00 bits per heavy atom. The minimum Gasteiger partial charge on any atom is -0.487 e.